The summed E-state index contributed by atoms with van der Waals surface area (Å²) in [5.41, 5.74) is 7.02. The van der Waals surface area contributed by atoms with Crippen LogP contribution in [0.25, 0.3) is 0 Å². The number of benzene rings is 1. The summed E-state index contributed by atoms with van der Waals surface area (Å²) in [4.78, 5) is 2.07. The highest BCUT2D eigenvalue weighted by Gasteiger charge is 2.27. The number of nitrogens with two attached hydrogens (primary N) is 1. The van der Waals surface area contributed by atoms with E-state index in [1.165, 1.54) is 11.8 Å². The molecule has 0 saturated carbocycles. The number of rotatable bonds is 8. The van der Waals surface area contributed by atoms with Crippen LogP contribution in [0, 0.1) is 0 Å². The minimum Gasteiger partial charge on any atom is -0.329 e. The van der Waals surface area contributed by atoms with E-state index in [0.29, 0.717) is 13.1 Å². The van der Waals surface area contributed by atoms with Gasteiger partial charge < -0.3 is 5.73 Å². The standard InChI is InChI=1S/C15H26N2O2S/c1-15(13-16,17(2)11-12-20(3,18)19)10-9-14-7-5-4-6-8-14/h4-8H,9-13,16H2,1-3H3. The van der Waals surface area contributed by atoms with Crippen molar-refractivity contribution in [2.45, 2.75) is 25.3 Å². The topological polar surface area (TPSA) is 63.4 Å². The molecule has 1 atom stereocenters. The van der Waals surface area contributed by atoms with Gasteiger partial charge >= 0.3 is 0 Å². The summed E-state index contributed by atoms with van der Waals surface area (Å²) in [6.07, 6.45) is 3.12. The zero-order valence-corrected chi connectivity index (χ0v) is 13.5. The van der Waals surface area contributed by atoms with Crippen molar-refractivity contribution in [3.8, 4) is 0 Å². The highest BCUT2D eigenvalue weighted by Crippen LogP contribution is 2.19. The summed E-state index contributed by atoms with van der Waals surface area (Å²) in [6, 6.07) is 10.3. The third kappa shape index (κ3) is 5.61. The summed E-state index contributed by atoms with van der Waals surface area (Å²) < 4.78 is 22.5. The SMILES string of the molecule is CN(CCS(C)(=O)=O)C(C)(CN)CCc1ccccc1. The molecular weight excluding hydrogens is 272 g/mol. The van der Waals surface area contributed by atoms with E-state index in [1.807, 2.05) is 25.2 Å². The summed E-state index contributed by atoms with van der Waals surface area (Å²) in [7, 11) is -0.990. The monoisotopic (exact) mass is 298 g/mol. The molecule has 0 amide bonds. The molecule has 0 fully saturated rings. The van der Waals surface area contributed by atoms with Crippen molar-refractivity contribution >= 4 is 9.84 Å². The Labute approximate surface area is 122 Å². The molecule has 0 radical (unpaired) electrons. The Hall–Kier alpha value is -0.910. The molecule has 0 spiro atoms. The largest absolute Gasteiger partial charge is 0.329 e. The second-order valence-corrected chi connectivity index (χ2v) is 8.00. The molecule has 0 heterocycles. The van der Waals surface area contributed by atoms with Gasteiger partial charge in [-0.1, -0.05) is 30.3 Å². The molecule has 114 valence electrons. The molecule has 1 rings (SSSR count). The summed E-state index contributed by atoms with van der Waals surface area (Å²) in [5.74, 6) is 0.171. The number of nitrogens with zero attached hydrogens (tertiary/aromatic N) is 1. The van der Waals surface area contributed by atoms with Crippen LogP contribution in [0.2, 0.25) is 0 Å². The van der Waals surface area contributed by atoms with Crippen molar-refractivity contribution in [2.24, 2.45) is 5.73 Å². The molecule has 0 aliphatic carbocycles. The molecule has 0 aliphatic heterocycles. The molecule has 2 N–H and O–H groups in total. The second kappa shape index (κ2) is 7.20. The molecule has 4 nitrogen and oxygen atoms in total. The maximum atomic E-state index is 11.3. The lowest BCUT2D eigenvalue weighted by Gasteiger charge is -2.38. The fraction of sp³-hybridized carbons (Fsp3) is 0.600. The first-order valence-electron chi connectivity index (χ1n) is 6.90. The Balaban J connectivity index is 2.61. The third-order valence-electron chi connectivity index (χ3n) is 3.95. The fourth-order valence-corrected chi connectivity index (χ4v) is 2.69. The Morgan fingerprint density at radius 2 is 1.85 bits per heavy atom. The van der Waals surface area contributed by atoms with Crippen LogP contribution in [0.3, 0.4) is 0 Å². The van der Waals surface area contributed by atoms with Crippen molar-refractivity contribution in [3.63, 3.8) is 0 Å². The van der Waals surface area contributed by atoms with Crippen molar-refractivity contribution in [1.29, 1.82) is 0 Å². The number of hydrogen-bond donors (Lipinski definition) is 1. The Morgan fingerprint density at radius 1 is 1.25 bits per heavy atom. The number of likely N-dealkylation sites (N-methyl/N-ethyl adjacent to an activating group) is 1. The average molecular weight is 298 g/mol. The van der Waals surface area contributed by atoms with E-state index in [4.69, 9.17) is 5.73 Å². The number of aryl methyl sites for hydroxylation is 1. The van der Waals surface area contributed by atoms with Gasteiger partial charge in [0, 0.05) is 24.9 Å². The van der Waals surface area contributed by atoms with Crippen LogP contribution in [0.1, 0.15) is 18.9 Å². The van der Waals surface area contributed by atoms with E-state index in [0.717, 1.165) is 12.8 Å². The molecular formula is C15H26N2O2S. The van der Waals surface area contributed by atoms with E-state index in [1.54, 1.807) is 0 Å². The van der Waals surface area contributed by atoms with Gasteiger partial charge in [0.1, 0.15) is 9.84 Å². The van der Waals surface area contributed by atoms with Crippen LogP contribution in [0.15, 0.2) is 30.3 Å². The van der Waals surface area contributed by atoms with Crippen LogP contribution in [-0.4, -0.2) is 51.0 Å². The lowest BCUT2D eigenvalue weighted by molar-refractivity contribution is 0.142. The van der Waals surface area contributed by atoms with Crippen LogP contribution >= 0.6 is 0 Å². The van der Waals surface area contributed by atoms with E-state index in [9.17, 15) is 8.42 Å². The Morgan fingerprint density at radius 3 is 2.35 bits per heavy atom. The van der Waals surface area contributed by atoms with Crippen LogP contribution in [0.4, 0.5) is 0 Å². The Kier molecular flexibility index (Phi) is 6.17. The molecule has 0 aliphatic rings. The minimum absolute atomic E-state index is 0.171. The van der Waals surface area contributed by atoms with Crippen molar-refractivity contribution < 1.29 is 8.42 Å². The van der Waals surface area contributed by atoms with Gasteiger partial charge in [-0.3, -0.25) is 4.90 Å². The first kappa shape index (κ1) is 17.1. The summed E-state index contributed by atoms with van der Waals surface area (Å²) >= 11 is 0. The second-order valence-electron chi connectivity index (χ2n) is 5.74. The van der Waals surface area contributed by atoms with E-state index in [2.05, 4.69) is 24.0 Å². The van der Waals surface area contributed by atoms with Crippen LogP contribution in [0.5, 0.6) is 0 Å². The zero-order valence-electron chi connectivity index (χ0n) is 12.7. The van der Waals surface area contributed by atoms with Crippen molar-refractivity contribution in [2.75, 3.05) is 32.1 Å². The fourth-order valence-electron chi connectivity index (χ4n) is 2.08. The quantitative estimate of drug-likeness (QED) is 0.786. The summed E-state index contributed by atoms with van der Waals surface area (Å²) in [6.45, 7) is 3.12. The summed E-state index contributed by atoms with van der Waals surface area (Å²) in [5, 5.41) is 0. The first-order chi connectivity index (χ1) is 9.27. The molecule has 1 aromatic rings. The Bertz CT molecular complexity index is 502. The highest BCUT2D eigenvalue weighted by molar-refractivity contribution is 7.90. The molecule has 5 heteroatoms. The van der Waals surface area contributed by atoms with Gasteiger partial charge in [-0.05, 0) is 32.4 Å². The van der Waals surface area contributed by atoms with Gasteiger partial charge in [-0.25, -0.2) is 8.42 Å². The normalized spacial score (nSPS) is 15.2. The van der Waals surface area contributed by atoms with Crippen LogP contribution < -0.4 is 5.73 Å². The molecule has 20 heavy (non-hydrogen) atoms. The van der Waals surface area contributed by atoms with E-state index in [-0.39, 0.29) is 11.3 Å². The van der Waals surface area contributed by atoms with Gasteiger partial charge in [0.2, 0.25) is 0 Å². The predicted octanol–water partition coefficient (Wildman–Crippen LogP) is 1.31. The molecule has 0 bridgehead atoms. The number of sulfone groups is 1. The van der Waals surface area contributed by atoms with Gasteiger partial charge in [0.05, 0.1) is 5.75 Å². The molecule has 1 aromatic carbocycles. The molecule has 1 unspecified atom stereocenters. The predicted molar refractivity (Wildman–Crippen MR) is 84.6 cm³/mol. The minimum atomic E-state index is -2.94. The van der Waals surface area contributed by atoms with Crippen molar-refractivity contribution in [1.82, 2.24) is 4.90 Å². The maximum absolute atomic E-state index is 11.3. The van der Waals surface area contributed by atoms with Gasteiger partial charge in [0.25, 0.3) is 0 Å². The zero-order chi connectivity index (χ0) is 15.2. The maximum Gasteiger partial charge on any atom is 0.148 e. The van der Waals surface area contributed by atoms with Gasteiger partial charge in [-0.15, -0.1) is 0 Å². The van der Waals surface area contributed by atoms with Crippen LogP contribution in [-0.2, 0) is 16.3 Å². The van der Waals surface area contributed by atoms with Crippen molar-refractivity contribution in [3.05, 3.63) is 35.9 Å². The van der Waals surface area contributed by atoms with E-state index >= 15 is 0 Å². The van der Waals surface area contributed by atoms with Gasteiger partial charge in [0.15, 0.2) is 0 Å². The first-order valence-corrected chi connectivity index (χ1v) is 8.96. The third-order valence-corrected chi connectivity index (χ3v) is 4.88. The molecule has 0 saturated heterocycles. The lowest BCUT2D eigenvalue weighted by atomic mass is 9.92. The highest BCUT2D eigenvalue weighted by atomic mass is 32.2. The lowest BCUT2D eigenvalue weighted by Crippen LogP contribution is -2.51. The van der Waals surface area contributed by atoms with E-state index < -0.39 is 9.84 Å². The number of hydrogen-bond acceptors (Lipinski definition) is 4. The molecule has 0 aromatic heterocycles. The average Bonchev–Trinajstić information content (AvgIpc) is 2.42. The smallest absolute Gasteiger partial charge is 0.148 e. The van der Waals surface area contributed by atoms with Gasteiger partial charge in [-0.2, -0.15) is 0 Å².